The van der Waals surface area contributed by atoms with Crippen molar-refractivity contribution in [3.05, 3.63) is 29.8 Å². The maximum absolute atomic E-state index is 9.27. The van der Waals surface area contributed by atoms with Crippen molar-refractivity contribution < 1.29 is 5.11 Å². The maximum Gasteiger partial charge on any atom is 0.115 e. The quantitative estimate of drug-likeness (QED) is 0.285. The minimum atomic E-state index is 0.370. The van der Waals surface area contributed by atoms with E-state index in [9.17, 15) is 5.11 Å². The van der Waals surface area contributed by atoms with E-state index in [1.54, 1.807) is 12.1 Å². The molecule has 25 heavy (non-hydrogen) atoms. The van der Waals surface area contributed by atoms with Gasteiger partial charge in [-0.25, -0.2) is 0 Å². The summed E-state index contributed by atoms with van der Waals surface area (Å²) in [6.07, 6.45) is 23.2. The van der Waals surface area contributed by atoms with Crippen LogP contribution in [-0.4, -0.2) is 17.1 Å². The molecule has 0 atom stereocenters. The minimum Gasteiger partial charge on any atom is -0.508 e. The Morgan fingerprint density at radius 3 is 1.44 bits per heavy atom. The highest BCUT2D eigenvalue weighted by Gasteiger charge is 1.96. The first-order chi connectivity index (χ1) is 12.3. The molecule has 0 fully saturated rings. The summed E-state index contributed by atoms with van der Waals surface area (Å²) in [6, 6.07) is 7.67. The molecule has 1 nitrogen and oxygen atoms in total. The van der Waals surface area contributed by atoms with Crippen molar-refractivity contribution in [2.24, 2.45) is 0 Å². The number of hydrogen-bond acceptors (Lipinski definition) is 2. The van der Waals surface area contributed by atoms with Gasteiger partial charge in [0.25, 0.3) is 0 Å². The number of rotatable bonds is 17. The zero-order valence-electron chi connectivity index (χ0n) is 16.5. The van der Waals surface area contributed by atoms with Crippen LogP contribution >= 0.6 is 11.8 Å². The fourth-order valence-electron chi connectivity index (χ4n) is 3.36. The van der Waals surface area contributed by atoms with Crippen LogP contribution in [0.4, 0.5) is 0 Å². The largest absolute Gasteiger partial charge is 0.508 e. The number of phenols is 1. The van der Waals surface area contributed by atoms with E-state index < -0.39 is 0 Å². The second kappa shape index (κ2) is 16.8. The van der Waals surface area contributed by atoms with Gasteiger partial charge in [-0.05, 0) is 49.0 Å². The monoisotopic (exact) mass is 364 g/mol. The van der Waals surface area contributed by atoms with Gasteiger partial charge in [0.1, 0.15) is 5.75 Å². The smallest absolute Gasteiger partial charge is 0.115 e. The Kier molecular flexibility index (Phi) is 15.1. The first-order valence-electron chi connectivity index (χ1n) is 10.6. The second-order valence-electron chi connectivity index (χ2n) is 7.36. The van der Waals surface area contributed by atoms with Crippen LogP contribution in [0, 0.1) is 0 Å². The van der Waals surface area contributed by atoms with Crippen LogP contribution < -0.4 is 0 Å². The molecule has 0 aliphatic carbocycles. The van der Waals surface area contributed by atoms with Crippen molar-refractivity contribution in [3.8, 4) is 5.75 Å². The van der Waals surface area contributed by atoms with Gasteiger partial charge in [0.2, 0.25) is 0 Å². The van der Waals surface area contributed by atoms with Gasteiger partial charge in [-0.3, -0.25) is 0 Å². The highest BCUT2D eigenvalue weighted by atomic mass is 32.2. The zero-order valence-corrected chi connectivity index (χ0v) is 17.3. The molecule has 1 N–H and O–H groups in total. The van der Waals surface area contributed by atoms with Crippen LogP contribution in [0.3, 0.4) is 0 Å². The lowest BCUT2D eigenvalue weighted by atomic mass is 10.0. The van der Waals surface area contributed by atoms with E-state index in [-0.39, 0.29) is 0 Å². The van der Waals surface area contributed by atoms with Crippen molar-refractivity contribution in [1.82, 2.24) is 0 Å². The van der Waals surface area contributed by atoms with Crippen molar-refractivity contribution >= 4 is 11.8 Å². The van der Waals surface area contributed by atoms with E-state index in [1.807, 2.05) is 23.9 Å². The lowest BCUT2D eigenvalue weighted by Gasteiger charge is -2.04. The Labute approximate surface area is 161 Å². The fourth-order valence-corrected chi connectivity index (χ4v) is 3.85. The lowest BCUT2D eigenvalue weighted by Crippen LogP contribution is -1.86. The standard InChI is InChI=1S/C23H40OS/c1-25-21-15-13-11-9-7-5-3-2-4-6-8-10-12-14-16-22-17-19-23(24)20-18-22/h17-20,24H,2-16,21H2,1H3. The average molecular weight is 365 g/mol. The highest BCUT2D eigenvalue weighted by molar-refractivity contribution is 7.98. The molecule has 1 rings (SSSR count). The first-order valence-corrected chi connectivity index (χ1v) is 12.0. The topological polar surface area (TPSA) is 20.2 Å². The number of hydrogen-bond donors (Lipinski definition) is 1. The van der Waals surface area contributed by atoms with Crippen LogP contribution in [0.1, 0.15) is 95.5 Å². The molecule has 2 heteroatoms. The Morgan fingerprint density at radius 2 is 1.00 bits per heavy atom. The molecule has 0 aromatic heterocycles. The van der Waals surface area contributed by atoms with Gasteiger partial charge in [0, 0.05) is 0 Å². The zero-order chi connectivity index (χ0) is 18.0. The Morgan fingerprint density at radius 1 is 0.600 bits per heavy atom. The molecule has 0 amide bonds. The molecule has 0 saturated carbocycles. The summed E-state index contributed by atoms with van der Waals surface area (Å²) in [5.74, 6) is 1.71. The van der Waals surface area contributed by atoms with Gasteiger partial charge >= 0.3 is 0 Å². The molecule has 0 unspecified atom stereocenters. The van der Waals surface area contributed by atoms with E-state index >= 15 is 0 Å². The lowest BCUT2D eigenvalue weighted by molar-refractivity contribution is 0.475. The molecular weight excluding hydrogens is 324 g/mol. The second-order valence-corrected chi connectivity index (χ2v) is 8.34. The van der Waals surface area contributed by atoms with E-state index in [0.717, 1.165) is 6.42 Å². The van der Waals surface area contributed by atoms with E-state index in [4.69, 9.17) is 0 Å². The average Bonchev–Trinajstić information content (AvgIpc) is 2.63. The summed E-state index contributed by atoms with van der Waals surface area (Å²) in [5.41, 5.74) is 1.35. The fraction of sp³-hybridized carbons (Fsp3) is 0.739. The summed E-state index contributed by atoms with van der Waals surface area (Å²) in [6.45, 7) is 0. The van der Waals surface area contributed by atoms with Crippen LogP contribution in [0.2, 0.25) is 0 Å². The highest BCUT2D eigenvalue weighted by Crippen LogP contribution is 2.15. The number of phenolic OH excluding ortho intramolecular Hbond substituents is 1. The number of aromatic hydroxyl groups is 1. The number of unbranched alkanes of at least 4 members (excludes halogenated alkanes) is 13. The van der Waals surface area contributed by atoms with E-state index in [2.05, 4.69) is 6.26 Å². The normalized spacial score (nSPS) is 11.1. The van der Waals surface area contributed by atoms with Gasteiger partial charge < -0.3 is 5.11 Å². The van der Waals surface area contributed by atoms with Crippen LogP contribution in [0.25, 0.3) is 0 Å². The van der Waals surface area contributed by atoms with Crippen molar-refractivity contribution in [1.29, 1.82) is 0 Å². The van der Waals surface area contributed by atoms with E-state index in [0.29, 0.717) is 5.75 Å². The minimum absolute atomic E-state index is 0.370. The maximum atomic E-state index is 9.27. The number of aryl methyl sites for hydroxylation is 1. The summed E-state index contributed by atoms with van der Waals surface area (Å²) in [5, 5.41) is 9.27. The molecule has 0 saturated heterocycles. The molecule has 144 valence electrons. The van der Waals surface area contributed by atoms with Gasteiger partial charge in [0.15, 0.2) is 0 Å². The van der Waals surface area contributed by atoms with E-state index in [1.165, 1.54) is 101 Å². The summed E-state index contributed by atoms with van der Waals surface area (Å²) < 4.78 is 0. The molecule has 0 radical (unpaired) electrons. The molecule has 0 bridgehead atoms. The number of thioether (sulfide) groups is 1. The summed E-state index contributed by atoms with van der Waals surface area (Å²) >= 11 is 1.98. The predicted octanol–water partition coefficient (Wildman–Crippen LogP) is 7.76. The molecule has 0 spiro atoms. The molecule has 0 aliphatic rings. The third-order valence-electron chi connectivity index (χ3n) is 5.00. The van der Waals surface area contributed by atoms with Crippen LogP contribution in [0.5, 0.6) is 5.75 Å². The molecular formula is C23H40OS. The van der Waals surface area contributed by atoms with Gasteiger partial charge in [-0.1, -0.05) is 89.2 Å². The van der Waals surface area contributed by atoms with Crippen molar-refractivity contribution in [3.63, 3.8) is 0 Å². The Bertz CT molecular complexity index is 388. The van der Waals surface area contributed by atoms with Crippen LogP contribution in [-0.2, 0) is 6.42 Å². The predicted molar refractivity (Wildman–Crippen MR) is 115 cm³/mol. The third kappa shape index (κ3) is 14.2. The molecule has 0 aliphatic heterocycles. The molecule has 0 heterocycles. The Balaban J connectivity index is 1.74. The summed E-state index contributed by atoms with van der Waals surface area (Å²) in [7, 11) is 0. The third-order valence-corrected chi connectivity index (χ3v) is 5.70. The summed E-state index contributed by atoms with van der Waals surface area (Å²) in [4.78, 5) is 0. The van der Waals surface area contributed by atoms with Crippen molar-refractivity contribution in [2.75, 3.05) is 12.0 Å². The van der Waals surface area contributed by atoms with Gasteiger partial charge in [0.05, 0.1) is 0 Å². The molecule has 1 aromatic carbocycles. The van der Waals surface area contributed by atoms with Gasteiger partial charge in [-0.2, -0.15) is 11.8 Å². The SMILES string of the molecule is CSCCCCCCCCCCCCCCCCc1ccc(O)cc1. The molecule has 1 aromatic rings. The first kappa shape index (κ1) is 22.4. The van der Waals surface area contributed by atoms with Crippen molar-refractivity contribution in [2.45, 2.75) is 96.3 Å². The Hall–Kier alpha value is -0.630. The van der Waals surface area contributed by atoms with Gasteiger partial charge in [-0.15, -0.1) is 0 Å². The number of benzene rings is 1. The van der Waals surface area contributed by atoms with Crippen LogP contribution in [0.15, 0.2) is 24.3 Å².